The van der Waals surface area contributed by atoms with Crippen LogP contribution in [0, 0.1) is 7.14 Å². The monoisotopic (exact) mass is 662 g/mol. The topological polar surface area (TPSA) is 62.3 Å². The van der Waals surface area contributed by atoms with Crippen molar-refractivity contribution in [1.29, 1.82) is 0 Å². The van der Waals surface area contributed by atoms with Gasteiger partial charge in [0.1, 0.15) is 12.4 Å². The minimum Gasteiger partial charge on any atom is -0.487 e. The van der Waals surface area contributed by atoms with E-state index in [4.69, 9.17) is 27.9 Å². The van der Waals surface area contributed by atoms with Gasteiger partial charge in [-0.05, 0) is 87.1 Å². The molecule has 4 aromatic rings. The van der Waals surface area contributed by atoms with Crippen molar-refractivity contribution in [2.24, 2.45) is 5.10 Å². The number of hydrogen-bond donors (Lipinski definition) is 2. The molecule has 1 heterocycles. The average Bonchev–Trinajstić information content (AvgIpc) is 3.11. The Hall–Kier alpha value is -1.56. The highest BCUT2D eigenvalue weighted by Gasteiger charge is 2.10. The Morgan fingerprint density at radius 2 is 1.83 bits per heavy atom. The van der Waals surface area contributed by atoms with Gasteiger partial charge in [0.25, 0.3) is 0 Å². The molecule has 0 saturated heterocycles. The number of nitrogens with zero attached hydrogens (tertiary/aromatic N) is 2. The number of hydrazone groups is 1. The lowest BCUT2D eigenvalue weighted by atomic mass is 10.2. The molecule has 4 rings (SSSR count). The van der Waals surface area contributed by atoms with Crippen LogP contribution in [-0.2, 0) is 6.61 Å². The van der Waals surface area contributed by atoms with E-state index in [1.165, 1.54) is 0 Å². The third kappa shape index (κ3) is 5.19. The van der Waals surface area contributed by atoms with Gasteiger partial charge in [0, 0.05) is 15.6 Å². The van der Waals surface area contributed by atoms with Gasteiger partial charge >= 0.3 is 0 Å². The quantitative estimate of drug-likeness (QED) is 0.132. The highest BCUT2D eigenvalue weighted by atomic mass is 127. The first kappa shape index (κ1) is 21.7. The maximum atomic E-state index is 6.23. The lowest BCUT2D eigenvalue weighted by Crippen LogP contribution is -2.01. The molecule has 0 amide bonds. The predicted molar refractivity (Wildman–Crippen MR) is 140 cm³/mol. The summed E-state index contributed by atoms with van der Waals surface area (Å²) in [4.78, 5) is 7.61. The second-order valence-electron chi connectivity index (χ2n) is 6.31. The number of anilines is 1. The van der Waals surface area contributed by atoms with Gasteiger partial charge in [0.05, 0.1) is 24.4 Å². The van der Waals surface area contributed by atoms with E-state index >= 15 is 0 Å². The maximum absolute atomic E-state index is 6.23. The highest BCUT2D eigenvalue weighted by Crippen LogP contribution is 2.30. The molecule has 5 nitrogen and oxygen atoms in total. The zero-order chi connectivity index (χ0) is 21.1. The van der Waals surface area contributed by atoms with Crippen molar-refractivity contribution in [1.82, 2.24) is 9.97 Å². The van der Waals surface area contributed by atoms with Crippen molar-refractivity contribution in [2.45, 2.75) is 6.61 Å². The second kappa shape index (κ2) is 9.71. The van der Waals surface area contributed by atoms with Crippen LogP contribution >= 0.6 is 68.4 Å². The Morgan fingerprint density at radius 1 is 1.07 bits per heavy atom. The summed E-state index contributed by atoms with van der Waals surface area (Å²) in [6.45, 7) is 0.364. The minimum atomic E-state index is 0.364. The van der Waals surface area contributed by atoms with E-state index in [1.54, 1.807) is 18.3 Å². The maximum Gasteiger partial charge on any atom is 0.222 e. The minimum absolute atomic E-state index is 0.364. The molecular formula is C21H14Cl2I2N4O. The van der Waals surface area contributed by atoms with Crippen molar-refractivity contribution in [3.63, 3.8) is 0 Å². The average molecular weight is 663 g/mol. The molecule has 30 heavy (non-hydrogen) atoms. The Bertz CT molecular complexity index is 1190. The van der Waals surface area contributed by atoms with Crippen molar-refractivity contribution >= 4 is 91.6 Å². The number of imidazole rings is 1. The van der Waals surface area contributed by atoms with E-state index in [2.05, 4.69) is 65.7 Å². The fraction of sp³-hybridized carbons (Fsp3) is 0.0476. The third-order valence-corrected chi connectivity index (χ3v) is 6.37. The van der Waals surface area contributed by atoms with Crippen LogP contribution in [0.15, 0.2) is 59.7 Å². The fourth-order valence-electron chi connectivity index (χ4n) is 2.75. The summed E-state index contributed by atoms with van der Waals surface area (Å²) in [5, 5.41) is 5.48. The number of nitrogens with one attached hydrogen (secondary N) is 2. The van der Waals surface area contributed by atoms with E-state index in [0.29, 0.717) is 22.6 Å². The Balaban J connectivity index is 1.44. The summed E-state index contributed by atoms with van der Waals surface area (Å²) >= 11 is 16.7. The van der Waals surface area contributed by atoms with E-state index in [1.807, 2.05) is 42.5 Å². The SMILES string of the molecule is Clc1ccc(COc2c(I)cc(/C=N\Nc3nc4ccccc4[nH]3)cc2I)c(Cl)c1. The summed E-state index contributed by atoms with van der Waals surface area (Å²) < 4.78 is 7.98. The first-order chi connectivity index (χ1) is 14.5. The largest absolute Gasteiger partial charge is 0.487 e. The Morgan fingerprint density at radius 3 is 2.57 bits per heavy atom. The van der Waals surface area contributed by atoms with Gasteiger partial charge < -0.3 is 9.72 Å². The lowest BCUT2D eigenvalue weighted by molar-refractivity contribution is 0.302. The molecule has 1 aromatic heterocycles. The van der Waals surface area contributed by atoms with Crippen LogP contribution in [-0.4, -0.2) is 16.2 Å². The smallest absolute Gasteiger partial charge is 0.222 e. The van der Waals surface area contributed by atoms with Crippen LogP contribution in [0.1, 0.15) is 11.1 Å². The normalized spacial score (nSPS) is 11.3. The number of ether oxygens (including phenoxy) is 1. The van der Waals surface area contributed by atoms with Crippen molar-refractivity contribution in [3.8, 4) is 5.75 Å². The molecule has 0 radical (unpaired) electrons. The van der Waals surface area contributed by atoms with Crippen molar-refractivity contribution < 1.29 is 4.74 Å². The molecule has 0 aliphatic carbocycles. The highest BCUT2D eigenvalue weighted by molar-refractivity contribution is 14.1. The number of para-hydroxylation sites is 2. The molecule has 0 aliphatic rings. The van der Waals surface area contributed by atoms with E-state index in [-0.39, 0.29) is 0 Å². The molecule has 0 fully saturated rings. The molecule has 9 heteroatoms. The second-order valence-corrected chi connectivity index (χ2v) is 9.48. The predicted octanol–water partition coefficient (Wildman–Crippen LogP) is 7.10. The zero-order valence-electron chi connectivity index (χ0n) is 15.3. The van der Waals surface area contributed by atoms with Gasteiger partial charge in [-0.3, -0.25) is 0 Å². The van der Waals surface area contributed by atoms with Crippen molar-refractivity contribution in [3.05, 3.63) is 82.9 Å². The first-order valence-electron chi connectivity index (χ1n) is 8.79. The van der Waals surface area contributed by atoms with Gasteiger partial charge in [-0.25, -0.2) is 10.4 Å². The molecule has 0 atom stereocenters. The van der Waals surface area contributed by atoms with E-state index < -0.39 is 0 Å². The summed E-state index contributed by atoms with van der Waals surface area (Å²) in [7, 11) is 0. The number of aromatic nitrogens is 2. The summed E-state index contributed by atoms with van der Waals surface area (Å²) in [5.74, 6) is 1.40. The van der Waals surface area contributed by atoms with Crippen molar-refractivity contribution in [2.75, 3.05) is 5.43 Å². The van der Waals surface area contributed by atoms with Crippen LogP contribution in [0.25, 0.3) is 11.0 Å². The zero-order valence-corrected chi connectivity index (χ0v) is 21.1. The Kier molecular flexibility index (Phi) is 7.01. The molecule has 2 N–H and O–H groups in total. The van der Waals surface area contributed by atoms with E-state index in [0.717, 1.165) is 35.1 Å². The van der Waals surface area contributed by atoms with Crippen LogP contribution in [0.5, 0.6) is 5.75 Å². The number of aromatic amines is 1. The molecule has 0 bridgehead atoms. The molecular weight excluding hydrogens is 649 g/mol. The lowest BCUT2D eigenvalue weighted by Gasteiger charge is -2.12. The van der Waals surface area contributed by atoms with Crippen LogP contribution in [0.4, 0.5) is 5.95 Å². The standard InChI is InChI=1S/C21H14Cl2I2N4O/c22-14-6-5-13(15(23)9-14)11-30-20-16(24)7-12(8-17(20)25)10-26-29-21-27-18-3-1-2-4-19(18)28-21/h1-10H,11H2,(H2,27,28,29)/b26-10-. The number of halogens is 4. The molecule has 3 aromatic carbocycles. The van der Waals surface area contributed by atoms with Gasteiger partial charge in [-0.15, -0.1) is 0 Å². The number of H-pyrrole nitrogens is 1. The summed E-state index contributed by atoms with van der Waals surface area (Å²) in [6.07, 6.45) is 1.75. The fourth-order valence-corrected chi connectivity index (χ4v) is 5.35. The molecule has 0 unspecified atom stereocenters. The third-order valence-electron chi connectivity index (χ3n) is 4.18. The summed E-state index contributed by atoms with van der Waals surface area (Å²) in [6, 6.07) is 17.2. The number of fused-ring (bicyclic) bond motifs is 1. The number of rotatable bonds is 6. The molecule has 0 aliphatic heterocycles. The van der Waals surface area contributed by atoms with Crippen LogP contribution in [0.2, 0.25) is 10.0 Å². The van der Waals surface area contributed by atoms with Gasteiger partial charge in [-0.2, -0.15) is 5.10 Å². The molecule has 0 saturated carbocycles. The molecule has 0 spiro atoms. The summed E-state index contributed by atoms with van der Waals surface area (Å²) in [5.41, 5.74) is 6.62. The molecule has 152 valence electrons. The van der Waals surface area contributed by atoms with Gasteiger partial charge in [0.15, 0.2) is 0 Å². The number of hydrogen-bond acceptors (Lipinski definition) is 4. The van der Waals surface area contributed by atoms with Crippen LogP contribution < -0.4 is 10.2 Å². The van der Waals surface area contributed by atoms with Crippen LogP contribution in [0.3, 0.4) is 0 Å². The number of benzene rings is 3. The van der Waals surface area contributed by atoms with Gasteiger partial charge in [0.2, 0.25) is 5.95 Å². The Labute approximate surface area is 210 Å². The van der Waals surface area contributed by atoms with E-state index in [9.17, 15) is 0 Å². The first-order valence-corrected chi connectivity index (χ1v) is 11.7. The van der Waals surface area contributed by atoms with Gasteiger partial charge in [-0.1, -0.05) is 41.4 Å².